The summed E-state index contributed by atoms with van der Waals surface area (Å²) in [7, 11) is 0. The Morgan fingerprint density at radius 2 is 2.05 bits per heavy atom. The van der Waals surface area contributed by atoms with Crippen molar-refractivity contribution in [1.82, 2.24) is 0 Å². The molecule has 0 radical (unpaired) electrons. The topological polar surface area (TPSA) is 64.4 Å². The number of nitrogens with zero attached hydrogens (tertiary/aromatic N) is 1. The van der Waals surface area contributed by atoms with Crippen molar-refractivity contribution in [2.75, 3.05) is 11.9 Å². The number of ether oxygens (including phenoxy) is 1. The van der Waals surface area contributed by atoms with Crippen LogP contribution in [0.15, 0.2) is 40.9 Å². The minimum Gasteiger partial charge on any atom is -0.456 e. The Bertz CT molecular complexity index is 674. The molecule has 0 aliphatic carbocycles. The summed E-state index contributed by atoms with van der Waals surface area (Å²) in [5, 5.41) is 14.0. The molecule has 0 saturated heterocycles. The molecule has 2 rings (SSSR count). The molecule has 0 spiro atoms. The highest BCUT2D eigenvalue weighted by molar-refractivity contribution is 9.10. The van der Waals surface area contributed by atoms with Gasteiger partial charge < -0.3 is 10.1 Å². The SMILES string of the molecule is CCNc1cc(Oc2ccc(C)cc2Br)cc([N+](=O)[O-])c1. The van der Waals surface area contributed by atoms with E-state index in [1.54, 1.807) is 6.07 Å². The number of hydrogen-bond acceptors (Lipinski definition) is 4. The predicted molar refractivity (Wildman–Crippen MR) is 86.2 cm³/mol. The first-order valence-corrected chi connectivity index (χ1v) is 7.26. The van der Waals surface area contributed by atoms with Crippen molar-refractivity contribution in [3.63, 3.8) is 0 Å². The van der Waals surface area contributed by atoms with Crippen LogP contribution >= 0.6 is 15.9 Å². The average Bonchev–Trinajstić information content (AvgIpc) is 2.42. The summed E-state index contributed by atoms with van der Waals surface area (Å²) in [6.07, 6.45) is 0. The molecule has 0 bridgehead atoms. The van der Waals surface area contributed by atoms with E-state index in [4.69, 9.17) is 4.74 Å². The lowest BCUT2D eigenvalue weighted by molar-refractivity contribution is -0.384. The van der Waals surface area contributed by atoms with E-state index in [1.807, 2.05) is 32.0 Å². The van der Waals surface area contributed by atoms with Gasteiger partial charge in [-0.25, -0.2) is 0 Å². The molecule has 6 heteroatoms. The third-order valence-corrected chi connectivity index (χ3v) is 3.42. The lowest BCUT2D eigenvalue weighted by Crippen LogP contribution is -1.98. The van der Waals surface area contributed by atoms with Gasteiger partial charge in [-0.15, -0.1) is 0 Å². The number of nitrogens with one attached hydrogen (secondary N) is 1. The van der Waals surface area contributed by atoms with E-state index in [9.17, 15) is 10.1 Å². The van der Waals surface area contributed by atoms with Crippen LogP contribution in [0, 0.1) is 17.0 Å². The van der Waals surface area contributed by atoms with Gasteiger partial charge in [0.05, 0.1) is 15.5 Å². The van der Waals surface area contributed by atoms with Gasteiger partial charge in [0.25, 0.3) is 5.69 Å². The summed E-state index contributed by atoms with van der Waals surface area (Å²) in [5.74, 6) is 1.04. The highest BCUT2D eigenvalue weighted by Crippen LogP contribution is 2.33. The maximum atomic E-state index is 11.0. The summed E-state index contributed by atoms with van der Waals surface area (Å²) < 4.78 is 6.56. The van der Waals surface area contributed by atoms with Gasteiger partial charge in [-0.1, -0.05) is 6.07 Å². The fourth-order valence-electron chi connectivity index (χ4n) is 1.87. The Morgan fingerprint density at radius 1 is 1.29 bits per heavy atom. The quantitative estimate of drug-likeness (QED) is 0.615. The number of benzene rings is 2. The number of non-ortho nitro benzene ring substituents is 1. The standard InChI is InChI=1S/C15H15BrN2O3/c1-3-17-11-7-12(18(19)20)9-13(8-11)21-15-5-4-10(2)6-14(15)16/h4-9,17H,3H2,1-2H3. The van der Waals surface area contributed by atoms with Gasteiger partial charge in [0, 0.05) is 24.4 Å². The molecule has 21 heavy (non-hydrogen) atoms. The lowest BCUT2D eigenvalue weighted by atomic mass is 10.2. The van der Waals surface area contributed by atoms with Crippen LogP contribution < -0.4 is 10.1 Å². The Kier molecular flexibility index (Phi) is 4.80. The maximum Gasteiger partial charge on any atom is 0.275 e. The molecule has 0 aliphatic heterocycles. The van der Waals surface area contributed by atoms with Crippen LogP contribution in [0.3, 0.4) is 0 Å². The third kappa shape index (κ3) is 3.95. The van der Waals surface area contributed by atoms with Crippen LogP contribution in [-0.2, 0) is 0 Å². The molecular formula is C15H15BrN2O3. The highest BCUT2D eigenvalue weighted by Gasteiger charge is 2.12. The van der Waals surface area contributed by atoms with Crippen molar-refractivity contribution in [1.29, 1.82) is 0 Å². The first-order chi connectivity index (χ1) is 9.99. The monoisotopic (exact) mass is 350 g/mol. The molecule has 1 N–H and O–H groups in total. The van der Waals surface area contributed by atoms with Crippen LogP contribution in [0.1, 0.15) is 12.5 Å². The van der Waals surface area contributed by atoms with Gasteiger partial charge >= 0.3 is 0 Å². The summed E-state index contributed by atoms with van der Waals surface area (Å²) in [6, 6.07) is 10.3. The molecule has 0 atom stereocenters. The molecular weight excluding hydrogens is 336 g/mol. The summed E-state index contributed by atoms with van der Waals surface area (Å²) in [5.41, 5.74) is 1.75. The number of halogens is 1. The molecule has 0 fully saturated rings. The fraction of sp³-hybridized carbons (Fsp3) is 0.200. The van der Waals surface area contributed by atoms with E-state index in [2.05, 4.69) is 21.2 Å². The molecule has 2 aromatic rings. The molecule has 0 heterocycles. The first-order valence-electron chi connectivity index (χ1n) is 6.47. The van der Waals surface area contributed by atoms with Crippen LogP contribution in [0.2, 0.25) is 0 Å². The second-order valence-electron chi connectivity index (χ2n) is 4.54. The van der Waals surface area contributed by atoms with Gasteiger partial charge in [0.15, 0.2) is 0 Å². The molecule has 0 amide bonds. The molecule has 2 aromatic carbocycles. The van der Waals surface area contributed by atoms with Crippen molar-refractivity contribution in [2.24, 2.45) is 0 Å². The Labute approximate surface area is 131 Å². The molecule has 0 unspecified atom stereocenters. The van der Waals surface area contributed by atoms with E-state index in [1.165, 1.54) is 12.1 Å². The second-order valence-corrected chi connectivity index (χ2v) is 5.39. The molecule has 0 aromatic heterocycles. The molecule has 110 valence electrons. The van der Waals surface area contributed by atoms with Crippen LogP contribution in [-0.4, -0.2) is 11.5 Å². The Morgan fingerprint density at radius 3 is 2.67 bits per heavy atom. The maximum absolute atomic E-state index is 11.0. The number of nitro groups is 1. The number of hydrogen-bond donors (Lipinski definition) is 1. The number of rotatable bonds is 5. The number of nitro benzene ring substituents is 1. The summed E-state index contributed by atoms with van der Waals surface area (Å²) >= 11 is 3.43. The van der Waals surface area contributed by atoms with Gasteiger partial charge in [-0.3, -0.25) is 10.1 Å². The van der Waals surface area contributed by atoms with Crippen molar-refractivity contribution >= 4 is 27.3 Å². The summed E-state index contributed by atoms with van der Waals surface area (Å²) in [6.45, 7) is 4.58. The van der Waals surface area contributed by atoms with E-state index in [-0.39, 0.29) is 5.69 Å². The van der Waals surface area contributed by atoms with Gasteiger partial charge in [-0.2, -0.15) is 0 Å². The molecule has 5 nitrogen and oxygen atoms in total. The summed E-state index contributed by atoms with van der Waals surface area (Å²) in [4.78, 5) is 10.6. The molecule has 0 saturated carbocycles. The Balaban J connectivity index is 2.36. The number of aryl methyl sites for hydroxylation is 1. The smallest absolute Gasteiger partial charge is 0.275 e. The largest absolute Gasteiger partial charge is 0.456 e. The van der Waals surface area contributed by atoms with Crippen molar-refractivity contribution in [2.45, 2.75) is 13.8 Å². The Hall–Kier alpha value is -2.08. The third-order valence-electron chi connectivity index (χ3n) is 2.80. The van der Waals surface area contributed by atoms with Crippen molar-refractivity contribution in [3.05, 3.63) is 56.5 Å². The normalized spacial score (nSPS) is 10.2. The van der Waals surface area contributed by atoms with Gasteiger partial charge in [0.2, 0.25) is 0 Å². The highest BCUT2D eigenvalue weighted by atomic mass is 79.9. The van der Waals surface area contributed by atoms with E-state index in [0.29, 0.717) is 23.7 Å². The van der Waals surface area contributed by atoms with E-state index >= 15 is 0 Å². The predicted octanol–water partition coefficient (Wildman–Crippen LogP) is 4.89. The van der Waals surface area contributed by atoms with E-state index in [0.717, 1.165) is 10.0 Å². The first kappa shape index (κ1) is 15.3. The zero-order chi connectivity index (χ0) is 15.4. The van der Waals surface area contributed by atoms with Crippen molar-refractivity contribution < 1.29 is 9.66 Å². The van der Waals surface area contributed by atoms with Gasteiger partial charge in [0.1, 0.15) is 11.5 Å². The minimum absolute atomic E-state index is 0.00770. The zero-order valence-corrected chi connectivity index (χ0v) is 13.3. The second kappa shape index (κ2) is 6.58. The minimum atomic E-state index is -0.433. The van der Waals surface area contributed by atoms with Crippen LogP contribution in [0.25, 0.3) is 0 Å². The fourth-order valence-corrected chi connectivity index (χ4v) is 2.44. The van der Waals surface area contributed by atoms with Crippen LogP contribution in [0.4, 0.5) is 11.4 Å². The average molecular weight is 351 g/mol. The van der Waals surface area contributed by atoms with Crippen LogP contribution in [0.5, 0.6) is 11.5 Å². The van der Waals surface area contributed by atoms with E-state index < -0.39 is 4.92 Å². The lowest BCUT2D eigenvalue weighted by Gasteiger charge is -2.10. The number of anilines is 1. The van der Waals surface area contributed by atoms with Gasteiger partial charge in [-0.05, 0) is 47.5 Å². The molecule has 0 aliphatic rings. The van der Waals surface area contributed by atoms with Crippen molar-refractivity contribution in [3.8, 4) is 11.5 Å². The zero-order valence-electron chi connectivity index (χ0n) is 11.7.